The van der Waals surface area contributed by atoms with Gasteiger partial charge in [-0.05, 0) is 24.3 Å². The van der Waals surface area contributed by atoms with Crippen LogP contribution in [0.25, 0.3) is 6.08 Å². The number of aromatic nitrogens is 3. The average molecular weight is 310 g/mol. The van der Waals surface area contributed by atoms with Crippen LogP contribution in [0.15, 0.2) is 48.9 Å². The van der Waals surface area contributed by atoms with Crippen molar-refractivity contribution in [1.29, 1.82) is 0 Å². The Bertz CT molecular complexity index is 704. The molecule has 0 atom stereocenters. The van der Waals surface area contributed by atoms with Crippen LogP contribution in [-0.4, -0.2) is 44.6 Å². The summed E-state index contributed by atoms with van der Waals surface area (Å²) < 4.78 is 0. The first kappa shape index (κ1) is 16.0. The van der Waals surface area contributed by atoms with Crippen molar-refractivity contribution < 1.29 is 14.4 Å². The van der Waals surface area contributed by atoms with Gasteiger partial charge in [-0.3, -0.25) is 24.8 Å². The Labute approximate surface area is 131 Å². The normalized spacial score (nSPS) is 10.3. The summed E-state index contributed by atoms with van der Waals surface area (Å²) in [5.41, 5.74) is 0.544. The molecule has 115 valence electrons. The van der Waals surface area contributed by atoms with E-state index in [-0.39, 0.29) is 5.95 Å². The molecule has 3 amide bonds. The molecule has 8 heteroatoms. The van der Waals surface area contributed by atoms with Gasteiger partial charge in [0, 0.05) is 24.7 Å². The zero-order chi connectivity index (χ0) is 16.5. The van der Waals surface area contributed by atoms with E-state index in [9.17, 15) is 14.4 Å². The second-order valence-corrected chi connectivity index (χ2v) is 4.16. The summed E-state index contributed by atoms with van der Waals surface area (Å²) >= 11 is 0. The molecule has 0 spiro atoms. The third-order valence-corrected chi connectivity index (χ3v) is 2.60. The molecule has 0 aromatic carbocycles. The fraction of sp³-hybridized carbons (Fsp3) is 0.0667. The molecule has 0 aliphatic heterocycles. The van der Waals surface area contributed by atoms with Crippen LogP contribution in [0, 0.1) is 0 Å². The van der Waals surface area contributed by atoms with E-state index in [2.05, 4.69) is 20.3 Å². The van der Waals surface area contributed by atoms with Gasteiger partial charge in [0.2, 0.25) is 12.2 Å². The van der Waals surface area contributed by atoms with E-state index in [1.165, 1.54) is 24.8 Å². The first-order valence-corrected chi connectivity index (χ1v) is 6.54. The second-order valence-electron chi connectivity index (χ2n) is 4.16. The number of hydrogen-bond acceptors (Lipinski definition) is 6. The van der Waals surface area contributed by atoms with E-state index in [0.717, 1.165) is 6.08 Å². The molecule has 2 aromatic heterocycles. The van der Waals surface area contributed by atoms with Gasteiger partial charge in [-0.1, -0.05) is 6.07 Å². The fourth-order valence-electron chi connectivity index (χ4n) is 1.56. The number of amides is 3. The lowest BCUT2D eigenvalue weighted by molar-refractivity contribution is -0.122. The highest BCUT2D eigenvalue weighted by Gasteiger charge is 2.20. The fourth-order valence-corrected chi connectivity index (χ4v) is 1.56. The number of rotatable bonds is 5. The first-order chi connectivity index (χ1) is 11.2. The summed E-state index contributed by atoms with van der Waals surface area (Å²) in [6.07, 6.45) is 8.53. The Kier molecular flexibility index (Phi) is 5.64. The van der Waals surface area contributed by atoms with Crippen LogP contribution in [-0.2, 0) is 9.59 Å². The van der Waals surface area contributed by atoms with Gasteiger partial charge in [-0.15, -0.1) is 0 Å². The molecule has 0 saturated carbocycles. The second kappa shape index (κ2) is 8.13. The van der Waals surface area contributed by atoms with Crippen LogP contribution in [0.2, 0.25) is 0 Å². The average Bonchev–Trinajstić information content (AvgIpc) is 2.59. The lowest BCUT2D eigenvalue weighted by Crippen LogP contribution is -2.40. The highest BCUT2D eigenvalue weighted by Crippen LogP contribution is 2.02. The molecule has 1 N–H and O–H groups in total. The van der Waals surface area contributed by atoms with E-state index in [0.29, 0.717) is 10.6 Å². The number of anilines is 1. The molecule has 2 aromatic rings. The monoisotopic (exact) mass is 310 g/mol. The molecule has 0 saturated heterocycles. The number of urea groups is 1. The predicted molar refractivity (Wildman–Crippen MR) is 81.7 cm³/mol. The summed E-state index contributed by atoms with van der Waals surface area (Å²) in [4.78, 5) is 47.0. The molecule has 0 aliphatic carbocycles. The summed E-state index contributed by atoms with van der Waals surface area (Å²) in [6.45, 7) is -0.510. The maximum Gasteiger partial charge on any atom is 0.331 e. The van der Waals surface area contributed by atoms with Crippen LogP contribution in [0.5, 0.6) is 0 Å². The predicted octanol–water partition coefficient (Wildman–Crippen LogP) is 1.06. The molecule has 23 heavy (non-hydrogen) atoms. The number of hydrogen-bond donors (Lipinski definition) is 1. The Balaban J connectivity index is 2.07. The highest BCUT2D eigenvalue weighted by atomic mass is 16.2. The number of pyridine rings is 1. The number of nitrogens with zero attached hydrogens (tertiary/aromatic N) is 4. The number of imide groups is 1. The van der Waals surface area contributed by atoms with Crippen molar-refractivity contribution in [1.82, 2.24) is 19.9 Å². The number of nitrogens with one attached hydrogen (secondary N) is 1. The van der Waals surface area contributed by atoms with E-state index in [1.807, 2.05) is 0 Å². The molecule has 0 fully saturated rings. The molecule has 8 nitrogen and oxygen atoms in total. The van der Waals surface area contributed by atoms with Gasteiger partial charge in [-0.25, -0.2) is 14.8 Å². The minimum atomic E-state index is -0.824. The maximum atomic E-state index is 12.1. The van der Waals surface area contributed by atoms with Gasteiger partial charge in [0.25, 0.3) is 5.91 Å². The molecule has 0 unspecified atom stereocenters. The van der Waals surface area contributed by atoms with E-state index >= 15 is 0 Å². The van der Waals surface area contributed by atoms with E-state index in [1.54, 1.807) is 30.5 Å². The summed E-state index contributed by atoms with van der Waals surface area (Å²) in [5.74, 6) is -0.665. The van der Waals surface area contributed by atoms with E-state index < -0.39 is 18.5 Å². The third-order valence-electron chi connectivity index (χ3n) is 2.60. The van der Waals surface area contributed by atoms with Crippen molar-refractivity contribution in [3.63, 3.8) is 0 Å². The zero-order valence-corrected chi connectivity index (χ0v) is 11.9. The van der Waals surface area contributed by atoms with Gasteiger partial charge >= 0.3 is 6.03 Å². The molecule has 2 heterocycles. The van der Waals surface area contributed by atoms with Crippen molar-refractivity contribution in [2.75, 3.05) is 11.9 Å². The lowest BCUT2D eigenvalue weighted by Gasteiger charge is -2.15. The minimum absolute atomic E-state index is 0.0231. The van der Waals surface area contributed by atoms with Crippen LogP contribution < -0.4 is 5.32 Å². The smallest absolute Gasteiger partial charge is 0.289 e. The van der Waals surface area contributed by atoms with Gasteiger partial charge in [0.05, 0.1) is 12.2 Å². The van der Waals surface area contributed by atoms with Crippen LogP contribution in [0.1, 0.15) is 5.69 Å². The van der Waals surface area contributed by atoms with Gasteiger partial charge < -0.3 is 0 Å². The molecule has 0 bridgehead atoms. The number of carbonyl (C=O) groups excluding carboxylic acids is 3. The minimum Gasteiger partial charge on any atom is -0.289 e. The summed E-state index contributed by atoms with van der Waals surface area (Å²) in [6, 6.07) is 5.94. The quantitative estimate of drug-likeness (QED) is 0.828. The Morgan fingerprint density at radius 1 is 1.13 bits per heavy atom. The first-order valence-electron chi connectivity index (χ1n) is 6.54. The summed E-state index contributed by atoms with van der Waals surface area (Å²) in [5, 5.41) is 2.32. The Hall–Kier alpha value is -3.42. The van der Waals surface area contributed by atoms with Crippen LogP contribution >= 0.6 is 0 Å². The Morgan fingerprint density at radius 2 is 1.87 bits per heavy atom. The standard InChI is InChI=1S/C15H12N5O3/c21-11-10-20(15(23)19-14-17-8-3-9-18-14)13(22)6-5-12-4-1-2-7-16-12/h1-9H,10H2,(H,17,18,19,23). The molecule has 0 aliphatic rings. The van der Waals surface area contributed by atoms with Gasteiger partial charge in [-0.2, -0.15) is 0 Å². The van der Waals surface area contributed by atoms with Crippen molar-refractivity contribution in [3.8, 4) is 0 Å². The van der Waals surface area contributed by atoms with Crippen molar-refractivity contribution in [2.24, 2.45) is 0 Å². The summed E-state index contributed by atoms with van der Waals surface area (Å²) in [7, 11) is 0. The molecule has 1 radical (unpaired) electrons. The zero-order valence-electron chi connectivity index (χ0n) is 11.9. The molecular weight excluding hydrogens is 298 g/mol. The van der Waals surface area contributed by atoms with Gasteiger partial charge in [0.1, 0.15) is 0 Å². The van der Waals surface area contributed by atoms with Crippen LogP contribution in [0.4, 0.5) is 10.7 Å². The highest BCUT2D eigenvalue weighted by molar-refractivity contribution is 6.07. The van der Waals surface area contributed by atoms with Crippen molar-refractivity contribution in [2.45, 2.75) is 0 Å². The number of carbonyl (C=O) groups is 2. The Morgan fingerprint density at radius 3 is 2.52 bits per heavy atom. The SMILES string of the molecule is O=[C]CN(C(=O)C=Cc1ccccn1)C(=O)Nc1ncccn1. The largest absolute Gasteiger partial charge is 0.331 e. The molecule has 2 rings (SSSR count). The van der Waals surface area contributed by atoms with Gasteiger partial charge in [0.15, 0.2) is 0 Å². The van der Waals surface area contributed by atoms with Crippen molar-refractivity contribution in [3.05, 3.63) is 54.6 Å². The topological polar surface area (TPSA) is 105 Å². The van der Waals surface area contributed by atoms with Crippen LogP contribution in [0.3, 0.4) is 0 Å². The van der Waals surface area contributed by atoms with E-state index in [4.69, 9.17) is 0 Å². The lowest BCUT2D eigenvalue weighted by atomic mass is 10.3. The molecular formula is C15H12N5O3. The maximum absolute atomic E-state index is 12.1. The van der Waals surface area contributed by atoms with Crippen molar-refractivity contribution >= 4 is 30.2 Å². The third kappa shape index (κ3) is 4.81.